The van der Waals surface area contributed by atoms with Crippen LogP contribution in [0.1, 0.15) is 39.0 Å². The molecule has 0 atom stereocenters. The first-order valence-corrected chi connectivity index (χ1v) is 7.98. The maximum Gasteiger partial charge on any atom is 0.190 e. The van der Waals surface area contributed by atoms with Crippen LogP contribution in [-0.4, -0.2) is 50.6 Å². The highest BCUT2D eigenvalue weighted by Gasteiger charge is 2.21. The first kappa shape index (κ1) is 14.6. The van der Waals surface area contributed by atoms with Crippen LogP contribution in [0.4, 0.5) is 0 Å². The molecule has 0 spiro atoms. The molecule has 0 radical (unpaired) electrons. The lowest BCUT2D eigenvalue weighted by Crippen LogP contribution is -2.40. The number of hydrogen-bond donors (Lipinski definition) is 2. The molecule has 110 valence electrons. The summed E-state index contributed by atoms with van der Waals surface area (Å²) in [6.07, 6.45) is 6.79. The molecule has 1 saturated heterocycles. The molecule has 2 rings (SSSR count). The van der Waals surface area contributed by atoms with E-state index in [9.17, 15) is 0 Å². The number of likely N-dealkylation sites (tertiary alicyclic amines) is 1. The predicted molar refractivity (Wildman–Crippen MR) is 81.5 cm³/mol. The second-order valence-corrected chi connectivity index (χ2v) is 5.99. The van der Waals surface area contributed by atoms with Crippen molar-refractivity contribution in [3.8, 4) is 0 Å². The Labute approximate surface area is 118 Å². The Kier molecular flexibility index (Phi) is 5.95. The summed E-state index contributed by atoms with van der Waals surface area (Å²) in [5.41, 5.74) is 0. The summed E-state index contributed by atoms with van der Waals surface area (Å²) in [5.74, 6) is 2.78. The number of nitrogens with one attached hydrogen (secondary N) is 2. The van der Waals surface area contributed by atoms with Gasteiger partial charge in [0.2, 0.25) is 0 Å². The van der Waals surface area contributed by atoms with Crippen LogP contribution >= 0.6 is 0 Å². The lowest BCUT2D eigenvalue weighted by molar-refractivity contribution is 0.187. The van der Waals surface area contributed by atoms with E-state index in [-0.39, 0.29) is 0 Å². The van der Waals surface area contributed by atoms with Gasteiger partial charge < -0.3 is 15.5 Å². The number of rotatable bonds is 6. The third-order valence-corrected chi connectivity index (χ3v) is 4.48. The van der Waals surface area contributed by atoms with E-state index in [0.29, 0.717) is 0 Å². The van der Waals surface area contributed by atoms with E-state index in [4.69, 9.17) is 0 Å². The Balaban J connectivity index is 1.54. The summed E-state index contributed by atoms with van der Waals surface area (Å²) >= 11 is 0. The van der Waals surface area contributed by atoms with E-state index in [0.717, 1.165) is 30.9 Å². The molecule has 0 amide bonds. The molecule has 1 aliphatic heterocycles. The van der Waals surface area contributed by atoms with Crippen molar-refractivity contribution in [1.29, 1.82) is 0 Å². The van der Waals surface area contributed by atoms with Crippen LogP contribution in [0.2, 0.25) is 0 Å². The number of aliphatic imine (C=N–C) groups is 1. The highest BCUT2D eigenvalue weighted by molar-refractivity contribution is 5.79. The van der Waals surface area contributed by atoms with Gasteiger partial charge in [-0.2, -0.15) is 0 Å². The van der Waals surface area contributed by atoms with E-state index in [2.05, 4.69) is 27.4 Å². The molecule has 19 heavy (non-hydrogen) atoms. The highest BCUT2D eigenvalue weighted by atomic mass is 15.2. The van der Waals surface area contributed by atoms with E-state index in [1.54, 1.807) is 0 Å². The molecule has 0 aromatic heterocycles. The van der Waals surface area contributed by atoms with Gasteiger partial charge in [0.1, 0.15) is 0 Å². The predicted octanol–water partition coefficient (Wildman–Crippen LogP) is 1.68. The molecule has 2 fully saturated rings. The largest absolute Gasteiger partial charge is 0.356 e. The standard InChI is InChI=1S/C15H30N4/c1-3-19-10-7-13(8-11-19)6-9-17-15(16-2)18-12-14-4-5-14/h13-14H,3-12H2,1-2H3,(H2,16,17,18). The summed E-state index contributed by atoms with van der Waals surface area (Å²) in [7, 11) is 1.86. The van der Waals surface area contributed by atoms with Crippen molar-refractivity contribution in [3.63, 3.8) is 0 Å². The van der Waals surface area contributed by atoms with Gasteiger partial charge in [-0.3, -0.25) is 4.99 Å². The van der Waals surface area contributed by atoms with Crippen LogP contribution in [0.15, 0.2) is 4.99 Å². The van der Waals surface area contributed by atoms with Gasteiger partial charge in [-0.1, -0.05) is 6.92 Å². The van der Waals surface area contributed by atoms with Crippen molar-refractivity contribution < 1.29 is 0 Å². The van der Waals surface area contributed by atoms with Gasteiger partial charge in [-0.05, 0) is 63.6 Å². The maximum absolute atomic E-state index is 4.28. The van der Waals surface area contributed by atoms with E-state index >= 15 is 0 Å². The van der Waals surface area contributed by atoms with Crippen molar-refractivity contribution in [1.82, 2.24) is 15.5 Å². The van der Waals surface area contributed by atoms with Crippen LogP contribution in [0.5, 0.6) is 0 Å². The summed E-state index contributed by atoms with van der Waals surface area (Å²) in [4.78, 5) is 6.84. The van der Waals surface area contributed by atoms with Gasteiger partial charge in [0.05, 0.1) is 0 Å². The van der Waals surface area contributed by atoms with Crippen LogP contribution in [-0.2, 0) is 0 Å². The van der Waals surface area contributed by atoms with Gasteiger partial charge in [-0.15, -0.1) is 0 Å². The normalized spacial score (nSPS) is 22.5. The third kappa shape index (κ3) is 5.39. The Morgan fingerprint density at radius 2 is 1.84 bits per heavy atom. The smallest absolute Gasteiger partial charge is 0.190 e. The second-order valence-electron chi connectivity index (χ2n) is 5.99. The molecular formula is C15H30N4. The SMILES string of the molecule is CCN1CCC(CCNC(=NC)NCC2CC2)CC1. The van der Waals surface area contributed by atoms with Crippen LogP contribution in [0.3, 0.4) is 0 Å². The lowest BCUT2D eigenvalue weighted by atomic mass is 9.93. The van der Waals surface area contributed by atoms with Crippen LogP contribution < -0.4 is 10.6 Å². The monoisotopic (exact) mass is 266 g/mol. The number of hydrogen-bond acceptors (Lipinski definition) is 2. The Morgan fingerprint density at radius 3 is 2.42 bits per heavy atom. The van der Waals surface area contributed by atoms with Gasteiger partial charge >= 0.3 is 0 Å². The van der Waals surface area contributed by atoms with Gasteiger partial charge in [0.25, 0.3) is 0 Å². The van der Waals surface area contributed by atoms with E-state index in [1.807, 2.05) is 7.05 Å². The third-order valence-electron chi connectivity index (χ3n) is 4.48. The number of nitrogens with zero attached hydrogens (tertiary/aromatic N) is 2. The molecule has 4 heteroatoms. The molecular weight excluding hydrogens is 236 g/mol. The van der Waals surface area contributed by atoms with Crippen molar-refractivity contribution >= 4 is 5.96 Å². The quantitative estimate of drug-likeness (QED) is 0.568. The topological polar surface area (TPSA) is 39.7 Å². The summed E-state index contributed by atoms with van der Waals surface area (Å²) in [5, 5.41) is 6.87. The van der Waals surface area contributed by atoms with Gasteiger partial charge in [0, 0.05) is 20.1 Å². The fourth-order valence-corrected chi connectivity index (χ4v) is 2.77. The lowest BCUT2D eigenvalue weighted by Gasteiger charge is -2.31. The van der Waals surface area contributed by atoms with Crippen molar-refractivity contribution in [2.45, 2.75) is 39.0 Å². The van der Waals surface area contributed by atoms with Gasteiger partial charge in [0.15, 0.2) is 5.96 Å². The average Bonchev–Trinajstić information content (AvgIpc) is 3.27. The fourth-order valence-electron chi connectivity index (χ4n) is 2.77. The minimum Gasteiger partial charge on any atom is -0.356 e. The van der Waals surface area contributed by atoms with Crippen LogP contribution in [0.25, 0.3) is 0 Å². The van der Waals surface area contributed by atoms with Crippen molar-refractivity contribution in [3.05, 3.63) is 0 Å². The zero-order valence-electron chi connectivity index (χ0n) is 12.6. The molecule has 1 aliphatic carbocycles. The summed E-state index contributed by atoms with van der Waals surface area (Å²) < 4.78 is 0. The first-order valence-electron chi connectivity index (χ1n) is 7.98. The first-order chi connectivity index (χ1) is 9.31. The molecule has 0 bridgehead atoms. The molecule has 1 saturated carbocycles. The number of piperidine rings is 1. The molecule has 0 unspecified atom stereocenters. The van der Waals surface area contributed by atoms with E-state index in [1.165, 1.54) is 51.7 Å². The zero-order valence-corrected chi connectivity index (χ0v) is 12.6. The molecule has 2 aliphatic rings. The molecule has 4 nitrogen and oxygen atoms in total. The van der Waals surface area contributed by atoms with Crippen molar-refractivity contribution in [2.24, 2.45) is 16.8 Å². The molecule has 0 aromatic carbocycles. The van der Waals surface area contributed by atoms with E-state index < -0.39 is 0 Å². The minimum atomic E-state index is 0.900. The molecule has 1 heterocycles. The second kappa shape index (κ2) is 7.73. The highest BCUT2D eigenvalue weighted by Crippen LogP contribution is 2.27. The minimum absolute atomic E-state index is 0.900. The maximum atomic E-state index is 4.28. The Morgan fingerprint density at radius 1 is 1.11 bits per heavy atom. The van der Waals surface area contributed by atoms with Gasteiger partial charge in [-0.25, -0.2) is 0 Å². The summed E-state index contributed by atoms with van der Waals surface area (Å²) in [6.45, 7) is 8.20. The zero-order chi connectivity index (χ0) is 13.5. The van der Waals surface area contributed by atoms with Crippen LogP contribution in [0, 0.1) is 11.8 Å². The molecule has 2 N–H and O–H groups in total. The Bertz CT molecular complexity index is 278. The molecule has 0 aromatic rings. The average molecular weight is 266 g/mol. The number of guanidine groups is 1. The summed E-state index contributed by atoms with van der Waals surface area (Å²) in [6, 6.07) is 0. The Hall–Kier alpha value is -0.770. The van der Waals surface area contributed by atoms with Crippen molar-refractivity contribution in [2.75, 3.05) is 39.8 Å². The fraction of sp³-hybridized carbons (Fsp3) is 0.933.